The molecule has 10 amide bonds. The van der Waals surface area contributed by atoms with E-state index in [1.165, 1.54) is 48.1 Å². The number of amides is 10. The Labute approximate surface area is 731 Å². The third-order valence-corrected chi connectivity index (χ3v) is 25.0. The molecule has 4 fully saturated rings. The van der Waals surface area contributed by atoms with Gasteiger partial charge in [-0.1, -0.05) is 97.1 Å². The zero-order valence-corrected chi connectivity index (χ0v) is 72.9. The molecule has 8 aromatic rings. The number of fused-ring (bicyclic) bond motifs is 10. The Bertz CT molecular complexity index is 5350. The quantitative estimate of drug-likeness (QED) is 0.0516. The molecule has 0 aliphatic carbocycles. The maximum Gasteiger partial charge on any atom is 0.411 e. The summed E-state index contributed by atoms with van der Waals surface area (Å²) in [6.07, 6.45) is 17.3. The van der Waals surface area contributed by atoms with Gasteiger partial charge < -0.3 is 18.9 Å². The zero-order valence-electron chi connectivity index (χ0n) is 72.9. The summed E-state index contributed by atoms with van der Waals surface area (Å²) in [5.41, 5.74) is 17.6. The molecular weight excluding hydrogens is 1580 g/mol. The van der Waals surface area contributed by atoms with E-state index in [0.717, 1.165) is 168 Å². The van der Waals surface area contributed by atoms with Gasteiger partial charge in [-0.15, -0.1) is 0 Å². The van der Waals surface area contributed by atoms with E-state index in [0.29, 0.717) is 92.1 Å². The highest BCUT2D eigenvalue weighted by Gasteiger charge is 2.45. The molecule has 4 saturated heterocycles. The van der Waals surface area contributed by atoms with Crippen LogP contribution in [0.2, 0.25) is 0 Å². The number of ether oxygens (including phenoxy) is 4. The summed E-state index contributed by atoms with van der Waals surface area (Å²) in [6.45, 7) is 19.9. The Morgan fingerprint density at radius 2 is 0.608 bits per heavy atom. The number of hydrogen-bond donors (Lipinski definition) is 4. The van der Waals surface area contributed by atoms with Crippen LogP contribution in [-0.2, 0) is 99.1 Å². The molecule has 8 aromatic carbocycles. The summed E-state index contributed by atoms with van der Waals surface area (Å²) in [7, 11) is 0. The summed E-state index contributed by atoms with van der Waals surface area (Å²) in [4.78, 5) is 141. The van der Waals surface area contributed by atoms with Crippen LogP contribution in [0.25, 0.3) is 0 Å². The van der Waals surface area contributed by atoms with Gasteiger partial charge in [-0.2, -0.15) is 0 Å². The number of carbonyl (C=O) groups excluding carboxylic acids is 10. The van der Waals surface area contributed by atoms with Gasteiger partial charge >= 0.3 is 24.4 Å². The van der Waals surface area contributed by atoms with Crippen LogP contribution in [-0.4, -0.2) is 168 Å². The van der Waals surface area contributed by atoms with Crippen molar-refractivity contribution >= 4 is 128 Å². The number of hydrogen-bond acceptors (Lipinski definition) is 17. The van der Waals surface area contributed by atoms with Gasteiger partial charge in [0.1, 0.15) is 6.54 Å². The van der Waals surface area contributed by atoms with E-state index in [-0.39, 0.29) is 42.0 Å². The highest BCUT2D eigenvalue weighted by atomic mass is 16.6. The molecule has 9 heterocycles. The minimum atomic E-state index is -0.589. The molecule has 125 heavy (non-hydrogen) atoms. The van der Waals surface area contributed by atoms with Crippen molar-refractivity contribution < 1.29 is 66.9 Å². The molecule has 2 bridgehead atoms. The number of aryl methyl sites for hydroxylation is 8. The third kappa shape index (κ3) is 20.8. The molecule has 4 N–H and O–H groups in total. The monoisotopic (exact) mass is 1690 g/mol. The second-order valence-electron chi connectivity index (χ2n) is 34.0. The molecule has 654 valence electrons. The first-order chi connectivity index (χ1) is 60.4. The standard InChI is InChI=1S/C28H37N3O3.C25H29N3O3.C23H21N3O5.C23H27N3O3/c1-6-34-26(33)29-22-15-14-21-13-12-20-10-7-8-11-23(20)31(24(21)18-22)25(32)19-30-27(2,3)16-9-17-28(30,4)5;1-2-31-25(30)26-19-10-9-18-8-7-17-5-3-4-6-22(17)28(23(18)15-19)24(29)16-27-20-11-12-21(27)14-13-20;1-2-31-23(30)24-17-10-9-16-8-7-15-5-3-4-6-18(15)26(19(16)13-17)22(29)14-25-20(27)11-12-21(25)28;1-2-29-23(28)24-19-12-11-18-10-9-17-7-3-4-8-20(17)26(21(18)15-19)22(27)16-25-13-5-6-14-25/h7-8,10-11,14-15,18H,6,9,12-13,16-17,19H2,1-5H3,(H,29,33);3-6,9-10,15,20-21H,2,7-8,11-14,16H2,1H3,(H,26,30);3-6,9-13H,2,7-8,14H2,1H3,(H,24,30);3-4,7-8,11-12,15H,2,5-6,9-10,13-14,16H2,1H3,(H,24,28). The van der Waals surface area contributed by atoms with Crippen molar-refractivity contribution in [3.8, 4) is 0 Å². The number of nitrogens with one attached hydrogen (secondary N) is 4. The first-order valence-corrected chi connectivity index (χ1v) is 44.1. The summed E-state index contributed by atoms with van der Waals surface area (Å²) < 4.78 is 20.0. The first kappa shape index (κ1) is 88.8. The second-order valence-corrected chi connectivity index (χ2v) is 34.0. The average molecular weight is 1700 g/mol. The number of rotatable bonds is 16. The maximum absolute atomic E-state index is 14.1. The Morgan fingerprint density at radius 1 is 0.336 bits per heavy atom. The first-order valence-electron chi connectivity index (χ1n) is 44.1. The van der Waals surface area contributed by atoms with Crippen LogP contribution < -0.4 is 40.9 Å². The Morgan fingerprint density at radius 3 is 0.912 bits per heavy atom. The van der Waals surface area contributed by atoms with E-state index in [9.17, 15) is 47.9 Å². The van der Waals surface area contributed by atoms with Gasteiger partial charge in [0.05, 0.1) is 91.6 Å². The molecule has 0 saturated carbocycles. The van der Waals surface area contributed by atoms with E-state index in [4.69, 9.17) is 18.9 Å². The molecule has 9 aliphatic rings. The van der Waals surface area contributed by atoms with Gasteiger partial charge in [-0.3, -0.25) is 89.2 Å². The molecule has 0 spiro atoms. The Kier molecular flexibility index (Phi) is 28.4. The summed E-state index contributed by atoms with van der Waals surface area (Å²) in [6, 6.07) is 55.7. The highest BCUT2D eigenvalue weighted by molar-refractivity contribution is 6.16. The number of likely N-dealkylation sites (tertiary alicyclic amines) is 2. The van der Waals surface area contributed by atoms with E-state index in [2.05, 4.69) is 81.9 Å². The Hall–Kier alpha value is -12.5. The van der Waals surface area contributed by atoms with Crippen molar-refractivity contribution in [2.45, 2.75) is 188 Å². The van der Waals surface area contributed by atoms with Crippen molar-refractivity contribution in [1.82, 2.24) is 19.6 Å². The minimum Gasteiger partial charge on any atom is -0.450 e. The van der Waals surface area contributed by atoms with Crippen LogP contribution in [0.5, 0.6) is 0 Å². The molecule has 0 radical (unpaired) electrons. The molecule has 17 rings (SSSR count). The molecule has 26 heteroatoms. The minimum absolute atomic E-state index is 0.0481. The van der Waals surface area contributed by atoms with Gasteiger partial charge in [0.15, 0.2) is 0 Å². The number of anilines is 12. The Balaban J connectivity index is 0.000000136. The number of para-hydroxylation sites is 4. The van der Waals surface area contributed by atoms with Crippen molar-refractivity contribution in [2.75, 3.05) is 107 Å². The number of piperidine rings is 1. The normalized spacial score (nSPS) is 17.9. The number of carbonyl (C=O) groups is 10. The van der Waals surface area contributed by atoms with Crippen molar-refractivity contribution in [1.29, 1.82) is 0 Å². The van der Waals surface area contributed by atoms with Crippen LogP contribution >= 0.6 is 0 Å². The van der Waals surface area contributed by atoms with Crippen molar-refractivity contribution in [3.05, 3.63) is 227 Å². The number of imide groups is 1. The SMILES string of the molecule is CCOC(=O)Nc1ccc2c(c1)N(C(=O)CN1C(=O)C=CC1=O)c1ccccc1CC2.CCOC(=O)Nc1ccc2c(c1)N(C(=O)CN1C(C)(C)CCCC1(C)C)c1ccccc1CC2.CCOC(=O)Nc1ccc2c(c1)N(C(=O)CN1C3CCC1CC3)c1ccccc1CC2.CCOC(=O)Nc1ccc2c(c1)N(C(=O)CN1CCCC1)c1ccccc1CC2. The van der Waals surface area contributed by atoms with Crippen LogP contribution in [0, 0.1) is 0 Å². The fourth-order valence-electron chi connectivity index (χ4n) is 19.0. The predicted molar refractivity (Wildman–Crippen MR) is 485 cm³/mol. The molecule has 26 nitrogen and oxygen atoms in total. The summed E-state index contributed by atoms with van der Waals surface area (Å²) in [5.74, 6) is -1.24. The lowest BCUT2D eigenvalue weighted by atomic mass is 9.80. The lowest BCUT2D eigenvalue weighted by Crippen LogP contribution is -2.61. The van der Waals surface area contributed by atoms with Gasteiger partial charge in [0.2, 0.25) is 17.7 Å². The van der Waals surface area contributed by atoms with E-state index in [1.807, 2.05) is 154 Å². The fourth-order valence-corrected chi connectivity index (χ4v) is 19.0. The van der Waals surface area contributed by atoms with E-state index < -0.39 is 42.1 Å². The van der Waals surface area contributed by atoms with Crippen LogP contribution in [0.4, 0.5) is 87.4 Å². The predicted octanol–water partition coefficient (Wildman–Crippen LogP) is 17.8. The lowest BCUT2D eigenvalue weighted by Gasteiger charge is -2.53. The zero-order chi connectivity index (χ0) is 88.1. The largest absolute Gasteiger partial charge is 0.450 e. The maximum atomic E-state index is 14.1. The molecule has 9 aliphatic heterocycles. The van der Waals surface area contributed by atoms with Gasteiger partial charge in [-0.05, 0) is 295 Å². The highest BCUT2D eigenvalue weighted by Crippen LogP contribution is 2.46. The second kappa shape index (κ2) is 40.0. The number of nitrogens with zero attached hydrogens (tertiary/aromatic N) is 8. The van der Waals surface area contributed by atoms with Crippen LogP contribution in [0.1, 0.15) is 158 Å². The molecule has 0 aromatic heterocycles. The summed E-state index contributed by atoms with van der Waals surface area (Å²) in [5, 5.41) is 11.0. The smallest absolute Gasteiger partial charge is 0.411 e. The number of benzene rings is 8. The molecular formula is C99H114N12O14. The fraction of sp³-hybridized carbons (Fsp3) is 0.394. The topological polar surface area (TPSA) is 282 Å². The van der Waals surface area contributed by atoms with Crippen LogP contribution in [0.15, 0.2) is 182 Å². The molecule has 0 unspecified atom stereocenters. The summed E-state index contributed by atoms with van der Waals surface area (Å²) >= 11 is 0. The lowest BCUT2D eigenvalue weighted by molar-refractivity contribution is -0.140. The average Bonchev–Trinajstić information content (AvgIpc) is 1.77. The van der Waals surface area contributed by atoms with Crippen molar-refractivity contribution in [2.24, 2.45) is 0 Å². The van der Waals surface area contributed by atoms with Crippen molar-refractivity contribution in [3.63, 3.8) is 0 Å². The van der Waals surface area contributed by atoms with Crippen LogP contribution in [0.3, 0.4) is 0 Å². The van der Waals surface area contributed by atoms with Gasteiger partial charge in [0.25, 0.3) is 17.7 Å². The van der Waals surface area contributed by atoms with Gasteiger partial charge in [0, 0.05) is 58.1 Å². The third-order valence-electron chi connectivity index (χ3n) is 25.0. The molecule has 0 atom stereocenters. The van der Waals surface area contributed by atoms with E-state index >= 15 is 0 Å². The van der Waals surface area contributed by atoms with Gasteiger partial charge in [-0.25, -0.2) is 19.2 Å². The van der Waals surface area contributed by atoms with E-state index in [1.54, 1.807) is 39.8 Å².